The second-order valence-electron chi connectivity index (χ2n) is 9.68. The van der Waals surface area contributed by atoms with Gasteiger partial charge >= 0.3 is 36.1 Å². The number of benzene rings is 2. The highest BCUT2D eigenvalue weighted by atomic mass is 19.4. The molecule has 240 valence electrons. The number of amides is 2. The zero-order valence-electron chi connectivity index (χ0n) is 23.3. The fourth-order valence-electron chi connectivity index (χ4n) is 3.88. The molecule has 2 rings (SSSR count). The summed E-state index contributed by atoms with van der Waals surface area (Å²) in [7, 11) is 0. The number of carbonyl (C=O) groups excluding carboxylic acids is 1. The highest BCUT2D eigenvalue weighted by Gasteiger charge is 2.82. The van der Waals surface area contributed by atoms with E-state index in [1.54, 1.807) is 32.9 Å². The number of nitrogens with zero attached hydrogens (tertiary/aromatic N) is 1. The first-order chi connectivity index (χ1) is 19.6. The summed E-state index contributed by atoms with van der Waals surface area (Å²) in [6.07, 6.45) is -13.3. The first-order valence-corrected chi connectivity index (χ1v) is 12.6. The second kappa shape index (κ2) is 13.3. The Kier molecular flexibility index (Phi) is 11.0. The number of hydrogen-bond donors (Lipinski definition) is 2. The maximum Gasteiger partial charge on any atom is 0.460 e. The first kappa shape index (κ1) is 35.5. The predicted molar refractivity (Wildman–Crippen MR) is 136 cm³/mol. The smallest absolute Gasteiger partial charge is 0.460 e. The lowest BCUT2D eigenvalue weighted by Crippen LogP contribution is -2.62. The Morgan fingerprint density at radius 2 is 1.37 bits per heavy atom. The van der Waals surface area contributed by atoms with Gasteiger partial charge in [-0.15, -0.1) is 0 Å². The zero-order valence-corrected chi connectivity index (χ0v) is 23.3. The molecule has 0 heterocycles. The normalized spacial score (nSPS) is 13.4. The molecule has 0 bridgehead atoms. The van der Waals surface area contributed by atoms with Crippen molar-refractivity contribution < 1.29 is 63.7 Å². The van der Waals surface area contributed by atoms with E-state index in [-0.39, 0.29) is 12.4 Å². The van der Waals surface area contributed by atoms with Crippen LogP contribution in [0.4, 0.5) is 50.0 Å². The summed E-state index contributed by atoms with van der Waals surface area (Å²) in [4.78, 5) is 24.9. The number of aliphatic carboxylic acids is 1. The third-order valence-corrected chi connectivity index (χ3v) is 6.34. The number of carboxylic acid groups (broad SMARTS) is 1. The maximum atomic E-state index is 13.8. The summed E-state index contributed by atoms with van der Waals surface area (Å²) in [6.45, 7) is 3.32. The van der Waals surface area contributed by atoms with Crippen molar-refractivity contribution in [1.82, 2.24) is 4.90 Å². The molecule has 0 fully saturated rings. The van der Waals surface area contributed by atoms with E-state index in [9.17, 15) is 49.1 Å². The Morgan fingerprint density at radius 3 is 1.86 bits per heavy atom. The van der Waals surface area contributed by atoms with Crippen molar-refractivity contribution in [3.63, 3.8) is 0 Å². The number of carbonyl (C=O) groups is 2. The molecule has 2 N–H and O–H groups in total. The number of anilines is 1. The third kappa shape index (κ3) is 8.24. The molecule has 16 heteroatoms. The Labute approximate surface area is 240 Å². The number of carboxylic acids is 1. The summed E-state index contributed by atoms with van der Waals surface area (Å²) < 4.78 is 127. The van der Waals surface area contributed by atoms with Crippen LogP contribution in [0.15, 0.2) is 36.4 Å². The second-order valence-corrected chi connectivity index (χ2v) is 9.68. The highest BCUT2D eigenvalue weighted by molar-refractivity contribution is 5.91. The van der Waals surface area contributed by atoms with Crippen LogP contribution < -0.4 is 10.1 Å². The molecule has 1 unspecified atom stereocenters. The SMILES string of the molecule is Cc1cc(C)c(NC(=O)N(CCOc2ccc(C(C)C(=O)O)cc2)CCOC(F)(F)C(F)(F)C(F)(F)C(F)(F)F)c(C)c1. The van der Waals surface area contributed by atoms with Gasteiger partial charge in [0.05, 0.1) is 19.1 Å². The fraction of sp³-hybridized carbons (Fsp3) is 0.481. The molecule has 0 spiro atoms. The average molecular weight is 633 g/mol. The molecule has 0 aliphatic rings. The van der Waals surface area contributed by atoms with Crippen molar-refractivity contribution in [3.05, 3.63) is 58.7 Å². The highest BCUT2D eigenvalue weighted by Crippen LogP contribution is 2.53. The monoisotopic (exact) mass is 632 g/mol. The molecule has 2 amide bonds. The molecule has 0 saturated carbocycles. The molecular formula is C27H29F9N2O5. The van der Waals surface area contributed by atoms with Crippen molar-refractivity contribution in [1.29, 1.82) is 0 Å². The van der Waals surface area contributed by atoms with E-state index in [1.165, 1.54) is 31.2 Å². The molecule has 2 aromatic carbocycles. The van der Waals surface area contributed by atoms with E-state index >= 15 is 0 Å². The number of aryl methyl sites for hydroxylation is 3. The van der Waals surface area contributed by atoms with E-state index in [4.69, 9.17) is 9.84 Å². The van der Waals surface area contributed by atoms with Gasteiger partial charge in [0.2, 0.25) is 0 Å². The number of hydrogen-bond acceptors (Lipinski definition) is 4. The molecule has 0 aromatic heterocycles. The van der Waals surface area contributed by atoms with Crippen LogP contribution in [0.3, 0.4) is 0 Å². The standard InChI is InChI=1S/C27H29F9N2O5/c1-15-13-16(2)21(17(3)14-15)37-23(41)38(9-11-42-20-7-5-19(6-8-20)18(4)22(39)40)10-12-43-27(35,36)25(30,31)24(28,29)26(32,33)34/h5-8,13-14,18H,9-12H2,1-4H3,(H,37,41)(H,39,40). The quantitative estimate of drug-likeness (QED) is 0.229. The van der Waals surface area contributed by atoms with Crippen molar-refractivity contribution >= 4 is 17.7 Å². The number of urea groups is 1. The van der Waals surface area contributed by atoms with Crippen LogP contribution in [0.5, 0.6) is 5.75 Å². The van der Waals surface area contributed by atoms with Crippen molar-refractivity contribution in [2.24, 2.45) is 0 Å². The largest absolute Gasteiger partial charge is 0.492 e. The van der Waals surface area contributed by atoms with E-state index in [0.29, 0.717) is 22.4 Å². The number of rotatable bonds is 13. The fourth-order valence-corrected chi connectivity index (χ4v) is 3.88. The molecular weight excluding hydrogens is 603 g/mol. The van der Waals surface area contributed by atoms with Crippen LogP contribution in [0.1, 0.15) is 35.1 Å². The summed E-state index contributed by atoms with van der Waals surface area (Å²) in [6, 6.07) is 8.25. The van der Waals surface area contributed by atoms with Crippen molar-refractivity contribution in [2.45, 2.75) is 57.7 Å². The molecule has 1 atom stereocenters. The molecule has 0 radical (unpaired) electrons. The molecule has 0 aliphatic heterocycles. The topological polar surface area (TPSA) is 88.1 Å². The summed E-state index contributed by atoms with van der Waals surface area (Å²) in [5.74, 6) is -15.8. The molecule has 0 saturated heterocycles. The van der Waals surface area contributed by atoms with Crippen LogP contribution in [0.25, 0.3) is 0 Å². The van der Waals surface area contributed by atoms with E-state index in [2.05, 4.69) is 10.1 Å². The lowest BCUT2D eigenvalue weighted by Gasteiger charge is -2.33. The van der Waals surface area contributed by atoms with Gasteiger partial charge in [0.1, 0.15) is 12.4 Å². The summed E-state index contributed by atoms with van der Waals surface area (Å²) >= 11 is 0. The van der Waals surface area contributed by atoms with Crippen LogP contribution in [-0.2, 0) is 9.53 Å². The number of ether oxygens (including phenoxy) is 2. The summed E-state index contributed by atoms with van der Waals surface area (Å²) in [5.41, 5.74) is 2.85. The van der Waals surface area contributed by atoms with E-state index in [0.717, 1.165) is 10.5 Å². The lowest BCUT2D eigenvalue weighted by atomic mass is 10.0. The minimum Gasteiger partial charge on any atom is -0.492 e. The van der Waals surface area contributed by atoms with Gasteiger partial charge in [-0.2, -0.15) is 39.5 Å². The maximum absolute atomic E-state index is 13.8. The minimum absolute atomic E-state index is 0.212. The summed E-state index contributed by atoms with van der Waals surface area (Å²) in [5, 5.41) is 11.6. The van der Waals surface area contributed by atoms with Crippen LogP contribution >= 0.6 is 0 Å². The number of alkyl halides is 9. The first-order valence-electron chi connectivity index (χ1n) is 12.6. The van der Waals surface area contributed by atoms with Gasteiger partial charge in [-0.1, -0.05) is 29.8 Å². The third-order valence-electron chi connectivity index (χ3n) is 6.34. The van der Waals surface area contributed by atoms with Crippen LogP contribution in [0.2, 0.25) is 0 Å². The van der Waals surface area contributed by atoms with E-state index in [1.807, 2.05) is 0 Å². The van der Waals surface area contributed by atoms with Gasteiger partial charge in [0, 0.05) is 12.2 Å². The Morgan fingerprint density at radius 1 is 0.860 bits per heavy atom. The Bertz CT molecular complexity index is 1260. The molecule has 0 aliphatic carbocycles. The minimum atomic E-state index is -7.12. The zero-order chi connectivity index (χ0) is 33.0. The van der Waals surface area contributed by atoms with Crippen molar-refractivity contribution in [3.8, 4) is 5.75 Å². The van der Waals surface area contributed by atoms with E-state index < -0.39 is 61.7 Å². The molecule has 2 aromatic rings. The van der Waals surface area contributed by atoms with Gasteiger partial charge in [0.25, 0.3) is 0 Å². The molecule has 43 heavy (non-hydrogen) atoms. The number of nitrogens with one attached hydrogen (secondary N) is 1. The van der Waals surface area contributed by atoms with Crippen LogP contribution in [-0.4, -0.2) is 72.4 Å². The van der Waals surface area contributed by atoms with Gasteiger partial charge in [-0.05, 0) is 56.5 Å². The van der Waals surface area contributed by atoms with Crippen LogP contribution in [0, 0.1) is 20.8 Å². The van der Waals surface area contributed by atoms with Gasteiger partial charge in [0.15, 0.2) is 0 Å². The lowest BCUT2D eigenvalue weighted by molar-refractivity contribution is -0.443. The molecule has 7 nitrogen and oxygen atoms in total. The predicted octanol–water partition coefficient (Wildman–Crippen LogP) is 7.16. The average Bonchev–Trinajstić information content (AvgIpc) is 2.88. The van der Waals surface area contributed by atoms with Gasteiger partial charge in [-0.3, -0.25) is 4.79 Å². The Balaban J connectivity index is 2.19. The number of halogens is 9. The van der Waals surface area contributed by atoms with Gasteiger partial charge < -0.3 is 24.8 Å². The van der Waals surface area contributed by atoms with Crippen molar-refractivity contribution in [2.75, 3.05) is 31.6 Å². The van der Waals surface area contributed by atoms with Gasteiger partial charge in [-0.25, -0.2) is 4.79 Å². The Hall–Kier alpha value is -3.69.